The van der Waals surface area contributed by atoms with Gasteiger partial charge >= 0.3 is 6.18 Å². The Hall–Kier alpha value is -2.40. The van der Waals surface area contributed by atoms with Crippen LogP contribution in [-0.2, 0) is 11.0 Å². The fourth-order valence-corrected chi connectivity index (χ4v) is 2.44. The van der Waals surface area contributed by atoms with E-state index in [1.807, 2.05) is 0 Å². The van der Waals surface area contributed by atoms with Gasteiger partial charge in [-0.2, -0.15) is 13.2 Å². The number of carbonyl (C=O) groups is 1. The Labute approximate surface area is 147 Å². The zero-order chi connectivity index (χ0) is 18.6. The highest BCUT2D eigenvalue weighted by Crippen LogP contribution is 2.29. The first-order valence-corrected chi connectivity index (χ1v) is 7.80. The average Bonchev–Trinajstić information content (AvgIpc) is 2.54. The molecule has 0 atom stereocenters. The maximum Gasteiger partial charge on any atom is 0.433 e. The first-order valence-electron chi connectivity index (χ1n) is 6.43. The lowest BCUT2D eigenvalue weighted by Gasteiger charge is -2.07. The van der Waals surface area contributed by atoms with Crippen molar-refractivity contribution in [2.45, 2.75) is 11.3 Å². The quantitative estimate of drug-likeness (QED) is 0.360. The van der Waals surface area contributed by atoms with Crippen molar-refractivity contribution in [3.63, 3.8) is 0 Å². The van der Waals surface area contributed by atoms with Crippen LogP contribution in [0.1, 0.15) is 5.69 Å². The number of anilines is 1. The van der Waals surface area contributed by atoms with Crippen LogP contribution in [-0.4, -0.2) is 26.6 Å². The van der Waals surface area contributed by atoms with Gasteiger partial charge in [0, 0.05) is 18.0 Å². The van der Waals surface area contributed by atoms with E-state index in [9.17, 15) is 28.1 Å². The summed E-state index contributed by atoms with van der Waals surface area (Å²) in [6.07, 6.45) is -3.67. The second kappa shape index (κ2) is 7.66. The monoisotopic (exact) mass is 392 g/mol. The van der Waals surface area contributed by atoms with Crippen molar-refractivity contribution in [1.29, 1.82) is 0 Å². The van der Waals surface area contributed by atoms with Crippen LogP contribution in [0.15, 0.2) is 35.6 Å². The Morgan fingerprint density at radius 2 is 2.08 bits per heavy atom. The fourth-order valence-electron chi connectivity index (χ4n) is 1.63. The van der Waals surface area contributed by atoms with Crippen molar-refractivity contribution in [3.05, 3.63) is 51.3 Å². The largest absolute Gasteiger partial charge is 0.433 e. The molecule has 1 heterocycles. The topological polar surface area (TPSA) is 98.0 Å². The van der Waals surface area contributed by atoms with E-state index in [0.717, 1.165) is 18.3 Å². The van der Waals surface area contributed by atoms with E-state index >= 15 is 0 Å². The molecule has 0 unspecified atom stereocenters. The van der Waals surface area contributed by atoms with Crippen LogP contribution in [0.2, 0.25) is 5.02 Å². The highest BCUT2D eigenvalue weighted by molar-refractivity contribution is 7.99. The molecule has 1 aromatic carbocycles. The first-order chi connectivity index (χ1) is 11.7. The van der Waals surface area contributed by atoms with Crippen LogP contribution in [0.4, 0.5) is 24.5 Å². The minimum atomic E-state index is -4.61. The Balaban J connectivity index is 2.00. The van der Waals surface area contributed by atoms with Gasteiger partial charge in [0.05, 0.1) is 10.7 Å². The summed E-state index contributed by atoms with van der Waals surface area (Å²) in [5, 5.41) is 12.9. The highest BCUT2D eigenvalue weighted by atomic mass is 35.5. The summed E-state index contributed by atoms with van der Waals surface area (Å²) < 4.78 is 37.6. The van der Waals surface area contributed by atoms with Gasteiger partial charge in [-0.05, 0) is 18.2 Å². The van der Waals surface area contributed by atoms with E-state index in [0.29, 0.717) is 11.8 Å². The summed E-state index contributed by atoms with van der Waals surface area (Å²) >= 11 is 6.35. The van der Waals surface area contributed by atoms with Crippen molar-refractivity contribution >= 4 is 40.6 Å². The van der Waals surface area contributed by atoms with Crippen molar-refractivity contribution in [1.82, 2.24) is 9.97 Å². The van der Waals surface area contributed by atoms with E-state index in [4.69, 9.17) is 11.6 Å². The molecule has 0 aliphatic rings. The maximum absolute atomic E-state index is 12.5. The molecule has 0 saturated carbocycles. The number of nitro benzene ring substituents is 1. The molecule has 0 bridgehead atoms. The van der Waals surface area contributed by atoms with Crippen molar-refractivity contribution < 1.29 is 22.9 Å². The smallest absolute Gasteiger partial charge is 0.325 e. The van der Waals surface area contributed by atoms with Gasteiger partial charge in [-0.1, -0.05) is 23.4 Å². The molecule has 0 aliphatic heterocycles. The average molecular weight is 393 g/mol. The van der Waals surface area contributed by atoms with Gasteiger partial charge in [-0.15, -0.1) is 0 Å². The molecular formula is C13H8ClF3N4O3S. The van der Waals surface area contributed by atoms with Crippen LogP contribution < -0.4 is 5.32 Å². The third-order valence-electron chi connectivity index (χ3n) is 2.68. The van der Waals surface area contributed by atoms with Crippen LogP contribution >= 0.6 is 23.4 Å². The number of nitrogens with zero attached hydrogens (tertiary/aromatic N) is 3. The Kier molecular flexibility index (Phi) is 5.80. The van der Waals surface area contributed by atoms with E-state index in [1.54, 1.807) is 0 Å². The maximum atomic E-state index is 12.5. The molecular weight excluding hydrogens is 385 g/mol. The molecule has 2 aromatic rings. The lowest BCUT2D eigenvalue weighted by molar-refractivity contribution is -0.384. The van der Waals surface area contributed by atoms with Crippen molar-refractivity contribution in [2.75, 3.05) is 11.1 Å². The number of alkyl halides is 3. The second-order valence-corrected chi connectivity index (χ2v) is 5.83. The number of thioether (sulfide) groups is 1. The minimum absolute atomic E-state index is 0.0882. The lowest BCUT2D eigenvalue weighted by atomic mass is 10.3. The van der Waals surface area contributed by atoms with Gasteiger partial charge in [0.25, 0.3) is 5.69 Å². The molecule has 1 amide bonds. The third-order valence-corrected chi connectivity index (χ3v) is 3.86. The van der Waals surface area contributed by atoms with Gasteiger partial charge in [0.1, 0.15) is 10.7 Å². The van der Waals surface area contributed by atoms with E-state index < -0.39 is 22.7 Å². The zero-order valence-corrected chi connectivity index (χ0v) is 13.7. The molecule has 1 aromatic heterocycles. The number of hydrogen-bond acceptors (Lipinski definition) is 6. The Morgan fingerprint density at radius 3 is 2.72 bits per heavy atom. The van der Waals surface area contributed by atoms with Gasteiger partial charge in [0.2, 0.25) is 5.91 Å². The third kappa shape index (κ3) is 5.29. The number of amides is 1. The number of aromatic nitrogens is 2. The van der Waals surface area contributed by atoms with Crippen LogP contribution in [0.3, 0.4) is 0 Å². The van der Waals surface area contributed by atoms with Crippen molar-refractivity contribution in [3.8, 4) is 0 Å². The number of hydrogen-bond donors (Lipinski definition) is 1. The molecule has 0 spiro atoms. The second-order valence-electron chi connectivity index (χ2n) is 4.48. The molecule has 12 heteroatoms. The molecule has 2 rings (SSSR count). The summed E-state index contributed by atoms with van der Waals surface area (Å²) in [6, 6.07) is 4.40. The minimum Gasteiger partial charge on any atom is -0.325 e. The molecule has 0 saturated heterocycles. The van der Waals surface area contributed by atoms with E-state index in [2.05, 4.69) is 15.3 Å². The summed E-state index contributed by atoms with van der Waals surface area (Å²) in [6.45, 7) is 0. The Bertz CT molecular complexity index is 819. The molecule has 0 aliphatic carbocycles. The first kappa shape index (κ1) is 18.9. The summed E-state index contributed by atoms with van der Waals surface area (Å²) in [7, 11) is 0. The van der Waals surface area contributed by atoms with Crippen molar-refractivity contribution in [2.24, 2.45) is 0 Å². The van der Waals surface area contributed by atoms with Gasteiger partial charge in [0.15, 0.2) is 5.16 Å². The molecule has 0 fully saturated rings. The molecule has 132 valence electrons. The number of carbonyl (C=O) groups excluding carboxylic acids is 1. The molecule has 1 N–H and O–H groups in total. The standard InChI is InChI=1S/C13H8ClF3N4O3S/c14-8-2-1-7(5-9(8)21(23)24)19-11(22)6-25-12-18-4-3-10(20-12)13(15,16)17/h1-5H,6H2,(H,19,22). The van der Waals surface area contributed by atoms with Crippen LogP contribution in [0, 0.1) is 10.1 Å². The number of nitrogens with one attached hydrogen (secondary N) is 1. The van der Waals surface area contributed by atoms with Crippen LogP contribution in [0.5, 0.6) is 0 Å². The normalized spacial score (nSPS) is 11.2. The molecule has 7 nitrogen and oxygen atoms in total. The predicted octanol–water partition coefficient (Wildman–Crippen LogP) is 3.79. The lowest BCUT2D eigenvalue weighted by Crippen LogP contribution is -2.15. The van der Waals surface area contributed by atoms with E-state index in [1.165, 1.54) is 12.1 Å². The van der Waals surface area contributed by atoms with Gasteiger partial charge < -0.3 is 5.32 Å². The number of halogens is 4. The van der Waals surface area contributed by atoms with E-state index in [-0.39, 0.29) is 27.3 Å². The number of rotatable bonds is 5. The summed E-state index contributed by atoms with van der Waals surface area (Å²) in [5.74, 6) is -0.875. The number of benzene rings is 1. The van der Waals surface area contributed by atoms with Gasteiger partial charge in [-0.3, -0.25) is 14.9 Å². The number of nitro groups is 1. The zero-order valence-electron chi connectivity index (χ0n) is 12.1. The highest BCUT2D eigenvalue weighted by Gasteiger charge is 2.32. The van der Waals surface area contributed by atoms with Gasteiger partial charge in [-0.25, -0.2) is 9.97 Å². The molecule has 25 heavy (non-hydrogen) atoms. The fraction of sp³-hybridized carbons (Fsp3) is 0.154. The Morgan fingerprint density at radius 1 is 1.36 bits per heavy atom. The summed E-state index contributed by atoms with van der Waals surface area (Å²) in [4.78, 5) is 28.9. The van der Waals surface area contributed by atoms with Crippen LogP contribution in [0.25, 0.3) is 0 Å². The SMILES string of the molecule is O=C(CSc1nccc(C(F)(F)F)n1)Nc1ccc(Cl)c([N+](=O)[O-])c1. The molecule has 0 radical (unpaired) electrons. The summed E-state index contributed by atoms with van der Waals surface area (Å²) in [5.41, 5.74) is -1.36. The predicted molar refractivity (Wildman–Crippen MR) is 84.5 cm³/mol.